The van der Waals surface area contributed by atoms with Gasteiger partial charge in [-0.1, -0.05) is 37.3 Å². The fourth-order valence-electron chi connectivity index (χ4n) is 3.54. The molecular weight excluding hydrogens is 260 g/mol. The van der Waals surface area contributed by atoms with Gasteiger partial charge in [0.15, 0.2) is 0 Å². The van der Waals surface area contributed by atoms with E-state index in [1.807, 2.05) is 29.1 Å². The Kier molecular flexibility index (Phi) is 3.81. The van der Waals surface area contributed by atoms with E-state index in [2.05, 4.69) is 36.3 Å². The second-order valence-corrected chi connectivity index (χ2v) is 6.92. The van der Waals surface area contributed by atoms with Crippen molar-refractivity contribution in [3.63, 3.8) is 0 Å². The van der Waals surface area contributed by atoms with Crippen LogP contribution in [0.4, 0.5) is 0 Å². The minimum absolute atomic E-state index is 0.363. The van der Waals surface area contributed by atoms with E-state index < -0.39 is 0 Å². The Hall–Kier alpha value is -1.68. The van der Waals surface area contributed by atoms with E-state index in [1.165, 1.54) is 18.5 Å². The molecule has 0 saturated heterocycles. The average Bonchev–Trinajstić information content (AvgIpc) is 2.96. The van der Waals surface area contributed by atoms with Crippen molar-refractivity contribution in [2.45, 2.75) is 39.0 Å². The zero-order valence-electron chi connectivity index (χ0n) is 12.9. The van der Waals surface area contributed by atoms with Crippen molar-refractivity contribution in [2.75, 3.05) is 6.54 Å². The topological polar surface area (TPSA) is 56.7 Å². The van der Waals surface area contributed by atoms with Crippen LogP contribution in [-0.2, 0) is 0 Å². The summed E-state index contributed by atoms with van der Waals surface area (Å²) in [5.41, 5.74) is 8.66. The predicted octanol–water partition coefficient (Wildman–Crippen LogP) is 3.14. The van der Waals surface area contributed by atoms with Crippen LogP contribution in [0, 0.1) is 11.3 Å². The van der Waals surface area contributed by atoms with E-state index >= 15 is 0 Å². The zero-order chi connectivity index (χ0) is 14.9. The summed E-state index contributed by atoms with van der Waals surface area (Å²) < 4.78 is 1.98. The molecule has 2 unspecified atom stereocenters. The van der Waals surface area contributed by atoms with Gasteiger partial charge < -0.3 is 5.73 Å². The average molecular weight is 284 g/mol. The smallest absolute Gasteiger partial charge is 0.0732 e. The van der Waals surface area contributed by atoms with Crippen LogP contribution in [-0.4, -0.2) is 21.5 Å². The number of para-hydroxylation sites is 1. The second-order valence-electron chi connectivity index (χ2n) is 6.92. The Morgan fingerprint density at radius 1 is 1.29 bits per heavy atom. The lowest BCUT2D eigenvalue weighted by Crippen LogP contribution is -2.33. The first-order chi connectivity index (χ1) is 10.1. The standard InChI is InChI=1S/C17H24N4/c1-17(2)9-8-13(11-18)15(10-17)16-12-19-20-21(16)14-6-4-3-5-7-14/h3-7,12-13,15H,8-11,18H2,1-2H3. The van der Waals surface area contributed by atoms with Gasteiger partial charge in [-0.3, -0.25) is 0 Å². The van der Waals surface area contributed by atoms with E-state index in [1.54, 1.807) is 0 Å². The monoisotopic (exact) mass is 284 g/mol. The first-order valence-corrected chi connectivity index (χ1v) is 7.77. The highest BCUT2D eigenvalue weighted by molar-refractivity contribution is 5.32. The maximum atomic E-state index is 6.03. The van der Waals surface area contributed by atoms with Gasteiger partial charge in [-0.05, 0) is 49.3 Å². The third-order valence-corrected chi connectivity index (χ3v) is 4.79. The highest BCUT2D eigenvalue weighted by atomic mass is 15.4. The molecule has 1 heterocycles. The second kappa shape index (κ2) is 5.60. The van der Waals surface area contributed by atoms with Gasteiger partial charge in [0.1, 0.15) is 0 Å². The minimum Gasteiger partial charge on any atom is -0.330 e. The molecular formula is C17H24N4. The summed E-state index contributed by atoms with van der Waals surface area (Å²) in [5, 5.41) is 8.47. The van der Waals surface area contributed by atoms with Crippen LogP contribution in [0.25, 0.3) is 5.69 Å². The third-order valence-electron chi connectivity index (χ3n) is 4.79. The number of hydrogen-bond acceptors (Lipinski definition) is 3. The quantitative estimate of drug-likeness (QED) is 0.942. The number of nitrogens with zero attached hydrogens (tertiary/aromatic N) is 3. The van der Waals surface area contributed by atoms with Gasteiger partial charge in [0.2, 0.25) is 0 Å². The summed E-state index contributed by atoms with van der Waals surface area (Å²) in [4.78, 5) is 0. The number of aromatic nitrogens is 3. The summed E-state index contributed by atoms with van der Waals surface area (Å²) in [6.07, 6.45) is 5.50. The lowest BCUT2D eigenvalue weighted by atomic mass is 9.66. The van der Waals surface area contributed by atoms with Gasteiger partial charge in [0, 0.05) is 5.92 Å². The Morgan fingerprint density at radius 3 is 2.76 bits per heavy atom. The molecule has 1 aromatic carbocycles. The number of nitrogens with two attached hydrogens (primary N) is 1. The Balaban J connectivity index is 1.98. The van der Waals surface area contributed by atoms with Gasteiger partial charge in [-0.2, -0.15) is 0 Å². The fraction of sp³-hybridized carbons (Fsp3) is 0.529. The number of benzene rings is 1. The Bertz CT molecular complexity index is 588. The summed E-state index contributed by atoms with van der Waals surface area (Å²) in [6, 6.07) is 10.2. The molecule has 21 heavy (non-hydrogen) atoms. The van der Waals surface area contributed by atoms with Crippen molar-refractivity contribution in [1.29, 1.82) is 0 Å². The summed E-state index contributed by atoms with van der Waals surface area (Å²) in [5.74, 6) is 0.966. The summed E-state index contributed by atoms with van der Waals surface area (Å²) >= 11 is 0. The fourth-order valence-corrected chi connectivity index (χ4v) is 3.54. The van der Waals surface area contributed by atoms with Crippen molar-refractivity contribution in [1.82, 2.24) is 15.0 Å². The molecule has 2 N–H and O–H groups in total. The molecule has 4 heteroatoms. The highest BCUT2D eigenvalue weighted by Crippen LogP contribution is 2.46. The van der Waals surface area contributed by atoms with E-state index in [-0.39, 0.29) is 0 Å². The van der Waals surface area contributed by atoms with Gasteiger partial charge in [-0.25, -0.2) is 4.68 Å². The van der Waals surface area contributed by atoms with Crippen molar-refractivity contribution in [3.8, 4) is 5.69 Å². The van der Waals surface area contributed by atoms with Crippen molar-refractivity contribution in [3.05, 3.63) is 42.2 Å². The summed E-state index contributed by atoms with van der Waals surface area (Å²) in [7, 11) is 0. The van der Waals surface area contributed by atoms with Gasteiger partial charge in [0.25, 0.3) is 0 Å². The molecule has 1 aliphatic rings. The SMILES string of the molecule is CC1(C)CCC(CN)C(c2cnnn2-c2ccccc2)C1. The molecule has 0 amide bonds. The van der Waals surface area contributed by atoms with Crippen molar-refractivity contribution < 1.29 is 0 Å². The van der Waals surface area contributed by atoms with Crippen LogP contribution < -0.4 is 5.73 Å². The lowest BCUT2D eigenvalue weighted by molar-refractivity contribution is 0.162. The molecule has 0 bridgehead atoms. The molecule has 1 fully saturated rings. The molecule has 0 aliphatic heterocycles. The van der Waals surface area contributed by atoms with Crippen LogP contribution in [0.1, 0.15) is 44.7 Å². The van der Waals surface area contributed by atoms with E-state index in [0.717, 1.165) is 18.7 Å². The van der Waals surface area contributed by atoms with Gasteiger partial charge >= 0.3 is 0 Å². The summed E-state index contributed by atoms with van der Waals surface area (Å²) in [6.45, 7) is 5.44. The highest BCUT2D eigenvalue weighted by Gasteiger charge is 2.37. The molecule has 4 nitrogen and oxygen atoms in total. The van der Waals surface area contributed by atoms with Crippen LogP contribution in [0.15, 0.2) is 36.5 Å². The van der Waals surface area contributed by atoms with Crippen molar-refractivity contribution >= 4 is 0 Å². The maximum Gasteiger partial charge on any atom is 0.0732 e. The predicted molar refractivity (Wildman–Crippen MR) is 84.3 cm³/mol. The first kappa shape index (κ1) is 14.3. The zero-order valence-corrected chi connectivity index (χ0v) is 12.9. The van der Waals surface area contributed by atoms with Crippen LogP contribution >= 0.6 is 0 Å². The molecule has 1 aliphatic carbocycles. The van der Waals surface area contributed by atoms with Crippen LogP contribution in [0.2, 0.25) is 0 Å². The van der Waals surface area contributed by atoms with E-state index in [4.69, 9.17) is 5.73 Å². The van der Waals surface area contributed by atoms with E-state index in [0.29, 0.717) is 17.3 Å². The molecule has 0 spiro atoms. The lowest BCUT2D eigenvalue weighted by Gasteiger charge is -2.40. The molecule has 112 valence electrons. The van der Waals surface area contributed by atoms with Crippen LogP contribution in [0.3, 0.4) is 0 Å². The third kappa shape index (κ3) is 2.86. The molecule has 0 radical (unpaired) electrons. The molecule has 3 rings (SSSR count). The molecule has 2 aromatic rings. The maximum absolute atomic E-state index is 6.03. The van der Waals surface area contributed by atoms with E-state index in [9.17, 15) is 0 Å². The molecule has 1 aromatic heterocycles. The Morgan fingerprint density at radius 2 is 2.05 bits per heavy atom. The number of hydrogen-bond donors (Lipinski definition) is 1. The molecule has 1 saturated carbocycles. The van der Waals surface area contributed by atoms with Gasteiger partial charge in [0.05, 0.1) is 17.6 Å². The number of rotatable bonds is 3. The van der Waals surface area contributed by atoms with Gasteiger partial charge in [-0.15, -0.1) is 5.10 Å². The van der Waals surface area contributed by atoms with Crippen LogP contribution in [0.5, 0.6) is 0 Å². The largest absolute Gasteiger partial charge is 0.330 e. The van der Waals surface area contributed by atoms with Crippen molar-refractivity contribution in [2.24, 2.45) is 17.1 Å². The normalized spacial score (nSPS) is 24.9. The first-order valence-electron chi connectivity index (χ1n) is 7.77. The Labute approximate surface area is 126 Å². The molecule has 2 atom stereocenters. The minimum atomic E-state index is 0.363.